The number of ether oxygens (including phenoxy) is 2. The van der Waals surface area contributed by atoms with Gasteiger partial charge < -0.3 is 15.2 Å². The third-order valence-electron chi connectivity index (χ3n) is 2.94. The van der Waals surface area contributed by atoms with Gasteiger partial charge in [0.1, 0.15) is 0 Å². The lowest BCUT2D eigenvalue weighted by Crippen LogP contribution is -2.28. The van der Waals surface area contributed by atoms with E-state index in [4.69, 9.17) is 10.5 Å². The highest BCUT2D eigenvalue weighted by Crippen LogP contribution is 2.27. The molecule has 0 aliphatic carbocycles. The molecule has 0 aromatic heterocycles. The van der Waals surface area contributed by atoms with Crippen molar-refractivity contribution in [2.24, 2.45) is 11.7 Å². The van der Waals surface area contributed by atoms with E-state index in [9.17, 15) is 9.18 Å². The molecule has 0 radical (unpaired) electrons. The van der Waals surface area contributed by atoms with Crippen LogP contribution in [0, 0.1) is 11.7 Å². The molecule has 2 atom stereocenters. The van der Waals surface area contributed by atoms with Crippen LogP contribution in [0.25, 0.3) is 0 Å². The molecule has 5 heteroatoms. The highest BCUT2D eigenvalue weighted by molar-refractivity contribution is 5.73. The van der Waals surface area contributed by atoms with Gasteiger partial charge >= 0.3 is 5.97 Å². The van der Waals surface area contributed by atoms with Crippen LogP contribution in [0.3, 0.4) is 0 Å². The molecule has 1 aromatic rings. The van der Waals surface area contributed by atoms with E-state index in [-0.39, 0.29) is 11.7 Å². The molecule has 0 amide bonds. The molecule has 100 valence electrons. The minimum Gasteiger partial charge on any atom is -0.494 e. The highest BCUT2D eigenvalue weighted by Gasteiger charge is 2.26. The number of carbonyl (C=O) groups is 1. The quantitative estimate of drug-likeness (QED) is 0.818. The van der Waals surface area contributed by atoms with E-state index in [1.165, 1.54) is 26.4 Å². The lowest BCUT2D eigenvalue weighted by molar-refractivity contribution is -0.146. The van der Waals surface area contributed by atoms with Crippen LogP contribution in [0.5, 0.6) is 5.75 Å². The minimum atomic E-state index is -0.595. The van der Waals surface area contributed by atoms with Gasteiger partial charge in [-0.2, -0.15) is 0 Å². The van der Waals surface area contributed by atoms with Gasteiger partial charge in [-0.15, -0.1) is 0 Å². The van der Waals surface area contributed by atoms with Crippen molar-refractivity contribution in [2.75, 3.05) is 14.2 Å². The number of esters is 1. The number of halogens is 1. The Hall–Kier alpha value is -1.62. The summed E-state index contributed by atoms with van der Waals surface area (Å²) in [6.45, 7) is 1.83. The van der Waals surface area contributed by atoms with Crippen molar-refractivity contribution in [1.82, 2.24) is 0 Å². The SMILES string of the molecule is CCC(C(=O)OC)C(N)c1ccc(OC)c(F)c1. The lowest BCUT2D eigenvalue weighted by Gasteiger charge is -2.21. The van der Waals surface area contributed by atoms with Crippen LogP contribution in [0.4, 0.5) is 4.39 Å². The van der Waals surface area contributed by atoms with Gasteiger partial charge in [0.25, 0.3) is 0 Å². The van der Waals surface area contributed by atoms with Crippen LogP contribution < -0.4 is 10.5 Å². The molecular formula is C13H18FNO3. The van der Waals surface area contributed by atoms with Crippen molar-refractivity contribution >= 4 is 5.97 Å². The topological polar surface area (TPSA) is 61.5 Å². The number of hydrogen-bond donors (Lipinski definition) is 1. The van der Waals surface area contributed by atoms with Crippen LogP contribution in [0.2, 0.25) is 0 Å². The number of methoxy groups -OCH3 is 2. The molecule has 4 nitrogen and oxygen atoms in total. The van der Waals surface area contributed by atoms with Crippen molar-refractivity contribution in [1.29, 1.82) is 0 Å². The average molecular weight is 255 g/mol. The predicted octanol–water partition coefficient (Wildman–Crippen LogP) is 2.03. The van der Waals surface area contributed by atoms with E-state index < -0.39 is 17.8 Å². The Morgan fingerprint density at radius 3 is 2.56 bits per heavy atom. The third-order valence-corrected chi connectivity index (χ3v) is 2.94. The Morgan fingerprint density at radius 1 is 1.44 bits per heavy atom. The van der Waals surface area contributed by atoms with Crippen LogP contribution in [-0.4, -0.2) is 20.2 Å². The Kier molecular flexibility index (Phi) is 5.09. The summed E-state index contributed by atoms with van der Waals surface area (Å²) >= 11 is 0. The van der Waals surface area contributed by atoms with Gasteiger partial charge in [0.15, 0.2) is 11.6 Å². The van der Waals surface area contributed by atoms with Crippen LogP contribution in [0.15, 0.2) is 18.2 Å². The molecule has 0 bridgehead atoms. The Labute approximate surface area is 106 Å². The first kappa shape index (κ1) is 14.4. The van der Waals surface area contributed by atoms with Crippen LogP contribution >= 0.6 is 0 Å². The maximum atomic E-state index is 13.6. The molecule has 0 saturated heterocycles. The van der Waals surface area contributed by atoms with E-state index >= 15 is 0 Å². The maximum absolute atomic E-state index is 13.6. The van der Waals surface area contributed by atoms with Crippen molar-refractivity contribution in [3.8, 4) is 5.75 Å². The van der Waals surface area contributed by atoms with Gasteiger partial charge in [-0.05, 0) is 24.1 Å². The zero-order valence-electron chi connectivity index (χ0n) is 10.8. The van der Waals surface area contributed by atoms with E-state index in [0.717, 1.165) is 0 Å². The minimum absolute atomic E-state index is 0.150. The number of rotatable bonds is 5. The summed E-state index contributed by atoms with van der Waals surface area (Å²) in [5, 5.41) is 0. The monoisotopic (exact) mass is 255 g/mol. The van der Waals surface area contributed by atoms with Gasteiger partial charge in [0.05, 0.1) is 20.1 Å². The second-order valence-corrected chi connectivity index (χ2v) is 3.96. The first-order valence-electron chi connectivity index (χ1n) is 5.72. The summed E-state index contributed by atoms with van der Waals surface area (Å²) in [5.41, 5.74) is 6.53. The van der Waals surface area contributed by atoms with Crippen molar-refractivity contribution in [3.63, 3.8) is 0 Å². The Bertz CT molecular complexity index is 423. The largest absolute Gasteiger partial charge is 0.494 e. The number of nitrogens with two attached hydrogens (primary N) is 1. The van der Waals surface area contributed by atoms with Gasteiger partial charge in [-0.25, -0.2) is 4.39 Å². The second-order valence-electron chi connectivity index (χ2n) is 3.96. The summed E-state index contributed by atoms with van der Waals surface area (Å²) in [4.78, 5) is 11.5. The van der Waals surface area contributed by atoms with Crippen molar-refractivity contribution < 1.29 is 18.7 Å². The summed E-state index contributed by atoms with van der Waals surface area (Å²) in [6, 6.07) is 3.84. The second kappa shape index (κ2) is 6.35. The van der Waals surface area contributed by atoms with Gasteiger partial charge in [0, 0.05) is 6.04 Å². The molecule has 0 spiro atoms. The molecule has 0 fully saturated rings. The van der Waals surface area contributed by atoms with Gasteiger partial charge in [-0.3, -0.25) is 4.79 Å². The predicted molar refractivity (Wildman–Crippen MR) is 65.7 cm³/mol. The number of carbonyl (C=O) groups excluding carboxylic acids is 1. The number of hydrogen-bond acceptors (Lipinski definition) is 4. The standard InChI is InChI=1S/C13H18FNO3/c1-4-9(13(16)18-3)12(15)8-5-6-11(17-2)10(14)7-8/h5-7,9,12H,4,15H2,1-3H3. The van der Waals surface area contributed by atoms with E-state index in [1.54, 1.807) is 6.07 Å². The van der Waals surface area contributed by atoms with E-state index in [1.807, 2.05) is 6.92 Å². The molecule has 1 rings (SSSR count). The molecular weight excluding hydrogens is 237 g/mol. The molecule has 1 aromatic carbocycles. The molecule has 18 heavy (non-hydrogen) atoms. The summed E-state index contributed by atoms with van der Waals surface area (Å²) < 4.78 is 23.1. The lowest BCUT2D eigenvalue weighted by atomic mass is 9.91. The van der Waals surface area contributed by atoms with E-state index in [0.29, 0.717) is 12.0 Å². The molecule has 0 saturated carbocycles. The smallest absolute Gasteiger partial charge is 0.310 e. The average Bonchev–Trinajstić information content (AvgIpc) is 2.38. The summed E-state index contributed by atoms with van der Waals surface area (Å²) in [7, 11) is 2.70. The molecule has 0 heterocycles. The molecule has 0 aliphatic heterocycles. The first-order chi connectivity index (χ1) is 8.54. The number of benzene rings is 1. The fourth-order valence-corrected chi connectivity index (χ4v) is 1.84. The zero-order chi connectivity index (χ0) is 13.7. The maximum Gasteiger partial charge on any atom is 0.310 e. The molecule has 2 N–H and O–H groups in total. The van der Waals surface area contributed by atoms with Gasteiger partial charge in [-0.1, -0.05) is 13.0 Å². The van der Waals surface area contributed by atoms with Crippen molar-refractivity contribution in [3.05, 3.63) is 29.6 Å². The first-order valence-corrected chi connectivity index (χ1v) is 5.72. The fraction of sp³-hybridized carbons (Fsp3) is 0.462. The third kappa shape index (κ3) is 2.98. The Morgan fingerprint density at radius 2 is 2.11 bits per heavy atom. The highest BCUT2D eigenvalue weighted by atomic mass is 19.1. The molecule has 0 aliphatic rings. The normalized spacial score (nSPS) is 13.8. The Balaban J connectivity index is 2.98. The summed E-state index contributed by atoms with van der Waals surface area (Å²) in [6.07, 6.45) is 0.529. The van der Waals surface area contributed by atoms with Crippen LogP contribution in [0.1, 0.15) is 24.9 Å². The van der Waals surface area contributed by atoms with Gasteiger partial charge in [0.2, 0.25) is 0 Å². The fourth-order valence-electron chi connectivity index (χ4n) is 1.84. The van der Waals surface area contributed by atoms with E-state index in [2.05, 4.69) is 4.74 Å². The summed E-state index contributed by atoms with van der Waals surface area (Å²) in [5.74, 6) is -1.22. The van der Waals surface area contributed by atoms with Crippen molar-refractivity contribution in [2.45, 2.75) is 19.4 Å². The molecule has 2 unspecified atom stereocenters. The van der Waals surface area contributed by atoms with Crippen LogP contribution in [-0.2, 0) is 9.53 Å². The zero-order valence-corrected chi connectivity index (χ0v) is 10.8.